The Kier molecular flexibility index (Phi) is 7.02. The molecular formula is C21H26F3N3. The van der Waals surface area contributed by atoms with Crippen molar-refractivity contribution in [2.45, 2.75) is 52.3 Å². The number of rotatable bonds is 7. The number of aromatic nitrogens is 1. The highest BCUT2D eigenvalue weighted by atomic mass is 19.4. The molecule has 1 atom stereocenters. The van der Waals surface area contributed by atoms with E-state index in [4.69, 9.17) is 5.73 Å². The third kappa shape index (κ3) is 6.40. The standard InChI is InChI=1S/C21H26F3N3/c1-4-16-11-12-26-20(19(16)18(25)10-5-14(2)3)27-17-8-6-15(7-9-17)13-21(22,23)24/h5-9,11-12,18H,4,10,13,25H2,1-3H3,(H,26,27). The molecule has 6 heteroatoms. The van der Waals surface area contributed by atoms with E-state index in [2.05, 4.69) is 23.3 Å². The molecule has 0 fully saturated rings. The molecule has 1 aromatic carbocycles. The van der Waals surface area contributed by atoms with E-state index in [1.54, 1.807) is 18.3 Å². The van der Waals surface area contributed by atoms with Gasteiger partial charge in [0, 0.05) is 23.5 Å². The predicted molar refractivity (Wildman–Crippen MR) is 104 cm³/mol. The van der Waals surface area contributed by atoms with Gasteiger partial charge in [0.2, 0.25) is 0 Å². The predicted octanol–water partition coefficient (Wildman–Crippen LogP) is 5.85. The maximum Gasteiger partial charge on any atom is 0.393 e. The Morgan fingerprint density at radius 2 is 1.85 bits per heavy atom. The summed E-state index contributed by atoms with van der Waals surface area (Å²) >= 11 is 0. The van der Waals surface area contributed by atoms with Crippen LogP contribution in [0.1, 0.15) is 49.9 Å². The first-order valence-corrected chi connectivity index (χ1v) is 8.99. The van der Waals surface area contributed by atoms with Crippen LogP contribution in [0.3, 0.4) is 0 Å². The second-order valence-electron chi connectivity index (χ2n) is 6.82. The third-order valence-electron chi connectivity index (χ3n) is 4.23. The van der Waals surface area contributed by atoms with Gasteiger partial charge in [-0.05, 0) is 56.0 Å². The fourth-order valence-electron chi connectivity index (χ4n) is 2.89. The summed E-state index contributed by atoms with van der Waals surface area (Å²) in [5.74, 6) is 0.646. The van der Waals surface area contributed by atoms with E-state index < -0.39 is 12.6 Å². The lowest BCUT2D eigenvalue weighted by molar-refractivity contribution is -0.127. The summed E-state index contributed by atoms with van der Waals surface area (Å²) in [5, 5.41) is 3.21. The number of pyridine rings is 1. The molecule has 2 aromatic rings. The number of benzene rings is 1. The Bertz CT molecular complexity index is 776. The molecule has 1 aromatic heterocycles. The van der Waals surface area contributed by atoms with E-state index in [1.807, 2.05) is 19.9 Å². The van der Waals surface area contributed by atoms with Crippen LogP contribution in [-0.4, -0.2) is 11.2 Å². The molecule has 0 saturated heterocycles. The molecule has 0 spiro atoms. The lowest BCUT2D eigenvalue weighted by atomic mass is 9.97. The van der Waals surface area contributed by atoms with Crippen molar-refractivity contribution in [1.82, 2.24) is 4.98 Å². The third-order valence-corrected chi connectivity index (χ3v) is 4.23. The average molecular weight is 377 g/mol. The van der Waals surface area contributed by atoms with Crippen LogP contribution in [0, 0.1) is 0 Å². The van der Waals surface area contributed by atoms with Crippen molar-refractivity contribution in [2.75, 3.05) is 5.32 Å². The van der Waals surface area contributed by atoms with Gasteiger partial charge in [-0.1, -0.05) is 30.7 Å². The summed E-state index contributed by atoms with van der Waals surface area (Å²) in [4.78, 5) is 4.42. The maximum atomic E-state index is 12.5. The average Bonchev–Trinajstić information content (AvgIpc) is 2.59. The lowest BCUT2D eigenvalue weighted by Crippen LogP contribution is -2.15. The molecule has 2 rings (SSSR count). The van der Waals surface area contributed by atoms with Gasteiger partial charge in [0.05, 0.1) is 6.42 Å². The molecule has 0 amide bonds. The summed E-state index contributed by atoms with van der Waals surface area (Å²) in [5.41, 5.74) is 10.6. The lowest BCUT2D eigenvalue weighted by Gasteiger charge is -2.19. The number of nitrogens with one attached hydrogen (secondary N) is 1. The minimum absolute atomic E-state index is 0.212. The van der Waals surface area contributed by atoms with E-state index in [0.717, 1.165) is 17.5 Å². The summed E-state index contributed by atoms with van der Waals surface area (Å²) in [6, 6.07) is 7.95. The number of hydrogen-bond acceptors (Lipinski definition) is 3. The van der Waals surface area contributed by atoms with Gasteiger partial charge in [0.1, 0.15) is 5.82 Å². The van der Waals surface area contributed by atoms with Crippen molar-refractivity contribution in [3.8, 4) is 0 Å². The number of alkyl halides is 3. The number of allylic oxidation sites excluding steroid dienone is 1. The van der Waals surface area contributed by atoms with Gasteiger partial charge in [-0.3, -0.25) is 0 Å². The van der Waals surface area contributed by atoms with Gasteiger partial charge >= 0.3 is 6.18 Å². The van der Waals surface area contributed by atoms with Gasteiger partial charge in [-0.2, -0.15) is 13.2 Å². The quantitative estimate of drug-likeness (QED) is 0.595. The van der Waals surface area contributed by atoms with E-state index >= 15 is 0 Å². The van der Waals surface area contributed by atoms with Crippen LogP contribution in [0.25, 0.3) is 0 Å². The van der Waals surface area contributed by atoms with Crippen molar-refractivity contribution < 1.29 is 13.2 Å². The van der Waals surface area contributed by atoms with Crippen molar-refractivity contribution in [1.29, 1.82) is 0 Å². The van der Waals surface area contributed by atoms with Crippen molar-refractivity contribution >= 4 is 11.5 Å². The fraction of sp³-hybridized carbons (Fsp3) is 0.381. The summed E-state index contributed by atoms with van der Waals surface area (Å²) in [6.07, 6.45) is 0.176. The molecule has 1 unspecified atom stereocenters. The zero-order valence-electron chi connectivity index (χ0n) is 15.9. The highest BCUT2D eigenvalue weighted by molar-refractivity contribution is 5.62. The Balaban J connectivity index is 2.26. The normalized spacial score (nSPS) is 12.6. The van der Waals surface area contributed by atoms with Gasteiger partial charge < -0.3 is 11.1 Å². The van der Waals surface area contributed by atoms with Crippen LogP contribution in [-0.2, 0) is 12.8 Å². The van der Waals surface area contributed by atoms with Gasteiger partial charge in [-0.15, -0.1) is 0 Å². The minimum atomic E-state index is -4.21. The highest BCUT2D eigenvalue weighted by Crippen LogP contribution is 2.29. The number of anilines is 2. The molecule has 146 valence electrons. The van der Waals surface area contributed by atoms with Crippen LogP contribution in [0.5, 0.6) is 0 Å². The molecule has 0 aliphatic carbocycles. The largest absolute Gasteiger partial charge is 0.393 e. The van der Waals surface area contributed by atoms with Gasteiger partial charge in [0.15, 0.2) is 0 Å². The van der Waals surface area contributed by atoms with E-state index in [9.17, 15) is 13.2 Å². The summed E-state index contributed by atoms with van der Waals surface area (Å²) < 4.78 is 37.5. The zero-order valence-corrected chi connectivity index (χ0v) is 15.9. The Morgan fingerprint density at radius 3 is 2.41 bits per heavy atom. The smallest absolute Gasteiger partial charge is 0.340 e. The van der Waals surface area contributed by atoms with E-state index in [0.29, 0.717) is 17.9 Å². The number of aryl methyl sites for hydroxylation is 1. The number of nitrogens with two attached hydrogens (primary N) is 1. The molecule has 0 saturated carbocycles. The van der Waals surface area contributed by atoms with Crippen LogP contribution in [0.4, 0.5) is 24.7 Å². The Hall–Kier alpha value is -2.34. The SMILES string of the molecule is CCc1ccnc(Nc2ccc(CC(F)(F)F)cc2)c1C(N)CC=C(C)C. The molecule has 3 nitrogen and oxygen atoms in total. The fourth-order valence-corrected chi connectivity index (χ4v) is 2.89. The van der Waals surface area contributed by atoms with Crippen LogP contribution in [0.2, 0.25) is 0 Å². The first-order chi connectivity index (χ1) is 12.7. The molecular weight excluding hydrogens is 351 g/mol. The van der Waals surface area contributed by atoms with Gasteiger partial charge in [0.25, 0.3) is 0 Å². The second kappa shape index (κ2) is 9.04. The maximum absolute atomic E-state index is 12.5. The number of hydrogen-bond donors (Lipinski definition) is 2. The Morgan fingerprint density at radius 1 is 1.19 bits per heavy atom. The first-order valence-electron chi connectivity index (χ1n) is 8.99. The van der Waals surface area contributed by atoms with E-state index in [-0.39, 0.29) is 11.6 Å². The second-order valence-corrected chi connectivity index (χ2v) is 6.82. The van der Waals surface area contributed by atoms with Gasteiger partial charge in [-0.25, -0.2) is 4.98 Å². The Labute approximate surface area is 158 Å². The molecule has 0 aliphatic rings. The first kappa shape index (κ1) is 21.0. The number of halogens is 3. The topological polar surface area (TPSA) is 50.9 Å². The zero-order chi connectivity index (χ0) is 20.0. The summed E-state index contributed by atoms with van der Waals surface area (Å²) in [6.45, 7) is 6.11. The molecule has 0 bridgehead atoms. The molecule has 0 aliphatic heterocycles. The van der Waals surface area contributed by atoms with Crippen molar-refractivity contribution in [3.63, 3.8) is 0 Å². The van der Waals surface area contributed by atoms with Crippen molar-refractivity contribution in [2.24, 2.45) is 5.73 Å². The van der Waals surface area contributed by atoms with E-state index in [1.165, 1.54) is 17.7 Å². The van der Waals surface area contributed by atoms with Crippen molar-refractivity contribution in [3.05, 3.63) is 64.9 Å². The van der Waals surface area contributed by atoms with Crippen LogP contribution < -0.4 is 11.1 Å². The molecule has 27 heavy (non-hydrogen) atoms. The molecule has 3 N–H and O–H groups in total. The van der Waals surface area contributed by atoms with Crippen LogP contribution in [0.15, 0.2) is 48.2 Å². The molecule has 0 radical (unpaired) electrons. The monoisotopic (exact) mass is 377 g/mol. The number of nitrogens with zero attached hydrogens (tertiary/aromatic N) is 1. The highest BCUT2D eigenvalue weighted by Gasteiger charge is 2.27. The molecule has 1 heterocycles. The summed E-state index contributed by atoms with van der Waals surface area (Å²) in [7, 11) is 0. The minimum Gasteiger partial charge on any atom is -0.340 e. The van der Waals surface area contributed by atoms with Crippen LogP contribution >= 0.6 is 0 Å².